The molecule has 0 N–H and O–H groups in total. The van der Waals surface area contributed by atoms with E-state index >= 15 is 0 Å². The third-order valence-corrected chi connectivity index (χ3v) is 6.75. The van der Waals surface area contributed by atoms with Gasteiger partial charge in [0.15, 0.2) is 0 Å². The molecule has 1 heteroatoms. The average molecular weight is 444 g/mol. The van der Waals surface area contributed by atoms with Crippen LogP contribution >= 0.6 is 0 Å². The molecule has 0 fully saturated rings. The third-order valence-electron chi connectivity index (χ3n) is 6.75. The molecule has 0 bridgehead atoms. The third kappa shape index (κ3) is 15.1. The second-order valence-electron chi connectivity index (χ2n) is 12.6. The Morgan fingerprint density at radius 1 is 0.385 bits per heavy atom. The van der Waals surface area contributed by atoms with E-state index in [1.54, 1.807) is 0 Å². The molecule has 0 saturated carbocycles. The van der Waals surface area contributed by atoms with Crippen LogP contribution in [-0.4, -0.2) is 0 Å². The van der Waals surface area contributed by atoms with Gasteiger partial charge in [-0.1, -0.05) is 96.9 Å². The second-order valence-corrected chi connectivity index (χ2v) is 12.6. The van der Waals surface area contributed by atoms with Crippen LogP contribution in [0.2, 0.25) is 0 Å². The van der Waals surface area contributed by atoms with Gasteiger partial charge in [0.25, 0.3) is 0 Å². The zero-order valence-corrected chi connectivity index (χ0v) is 24.9. The van der Waals surface area contributed by atoms with Crippen molar-refractivity contribution in [3.63, 3.8) is 0 Å². The van der Waals surface area contributed by atoms with Crippen molar-refractivity contribution in [3.05, 3.63) is 11.8 Å². The minimum Gasteiger partial charge on any atom is -0.314 e. The smallest absolute Gasteiger partial charge is 0 e. The Morgan fingerprint density at radius 2 is 0.500 bits per heavy atom. The molecule has 0 aromatic rings. The van der Waals surface area contributed by atoms with Crippen LogP contribution in [0.15, 0.2) is 0 Å². The molecule has 0 saturated heterocycles. The van der Waals surface area contributed by atoms with Gasteiger partial charge >= 0.3 is 0 Å². The summed E-state index contributed by atoms with van der Waals surface area (Å²) >= 11 is 0. The van der Waals surface area contributed by atoms with Gasteiger partial charge < -0.3 is 11.8 Å². The Bertz CT molecular complexity index is 298. The Labute approximate surface area is 195 Å². The largest absolute Gasteiger partial charge is 0.314 e. The summed E-state index contributed by atoms with van der Waals surface area (Å²) in [6.07, 6.45) is 0. The molecule has 26 heavy (non-hydrogen) atoms. The van der Waals surface area contributed by atoms with E-state index in [0.29, 0.717) is 27.1 Å². The number of hydrogen-bond acceptors (Lipinski definition) is 0. The minimum absolute atomic E-state index is 0. The van der Waals surface area contributed by atoms with Gasteiger partial charge in [-0.15, -0.1) is 0 Å². The molecule has 0 aliphatic heterocycles. The summed E-state index contributed by atoms with van der Waals surface area (Å²) in [5.41, 5.74) is 1.97. The predicted octanol–water partition coefficient (Wildman–Crippen LogP) is 9.40. The van der Waals surface area contributed by atoms with E-state index in [2.05, 4.69) is 125 Å². The first-order valence-corrected chi connectivity index (χ1v) is 10.0. The van der Waals surface area contributed by atoms with Crippen LogP contribution in [0.5, 0.6) is 0 Å². The maximum absolute atomic E-state index is 2.35. The van der Waals surface area contributed by atoms with Gasteiger partial charge in [-0.2, -0.15) is 38.5 Å². The molecular weight excluding hydrogens is 389 g/mol. The summed E-state index contributed by atoms with van der Waals surface area (Å²) in [6.45, 7) is 40.6. The normalized spacial score (nSPS) is 13.4. The Morgan fingerprint density at radius 3 is 0.500 bits per heavy atom. The SMILES string of the molecule is CC(C)(C)C(C)(C)C(C)(C)C.C[C-](C)C(C)(C)C.C[C-](C)C(C)(C)C.[Y]. The van der Waals surface area contributed by atoms with Crippen molar-refractivity contribution in [2.75, 3.05) is 0 Å². The van der Waals surface area contributed by atoms with E-state index in [4.69, 9.17) is 0 Å². The van der Waals surface area contributed by atoms with Gasteiger partial charge in [0.05, 0.1) is 0 Å². The van der Waals surface area contributed by atoms with Crippen molar-refractivity contribution >= 4 is 0 Å². The van der Waals surface area contributed by atoms with Crippen molar-refractivity contribution in [1.29, 1.82) is 0 Å². The zero-order valence-electron chi connectivity index (χ0n) is 22.1. The Hall–Kier alpha value is 1.10. The molecule has 0 aliphatic carbocycles. The number of rotatable bonds is 0. The van der Waals surface area contributed by atoms with Gasteiger partial charge in [-0.25, -0.2) is 0 Å². The molecule has 0 spiro atoms. The molecule has 0 aromatic heterocycles. The van der Waals surface area contributed by atoms with Crippen molar-refractivity contribution < 1.29 is 32.7 Å². The minimum atomic E-state index is 0. The van der Waals surface area contributed by atoms with Crippen molar-refractivity contribution in [3.8, 4) is 0 Å². The fraction of sp³-hybridized carbons (Fsp3) is 0.920. The van der Waals surface area contributed by atoms with Crippen LogP contribution in [0.25, 0.3) is 0 Å². The van der Waals surface area contributed by atoms with Gasteiger partial charge in [-0.05, 0) is 16.2 Å². The van der Waals surface area contributed by atoms with Crippen LogP contribution in [0.1, 0.15) is 125 Å². The molecule has 159 valence electrons. The first-order valence-electron chi connectivity index (χ1n) is 10.0. The monoisotopic (exact) mass is 443 g/mol. The molecular formula is C25H54Y-2. The summed E-state index contributed by atoms with van der Waals surface area (Å²) in [5, 5.41) is 0. The summed E-state index contributed by atoms with van der Waals surface area (Å²) in [7, 11) is 0. The van der Waals surface area contributed by atoms with Crippen LogP contribution in [0.4, 0.5) is 0 Å². The first kappa shape index (κ1) is 34.6. The van der Waals surface area contributed by atoms with E-state index in [9.17, 15) is 0 Å². The molecule has 0 aliphatic rings. The summed E-state index contributed by atoms with van der Waals surface area (Å²) in [4.78, 5) is 0. The van der Waals surface area contributed by atoms with Gasteiger partial charge in [0.1, 0.15) is 0 Å². The molecule has 0 nitrogen and oxygen atoms in total. The quantitative estimate of drug-likeness (QED) is 0.327. The maximum atomic E-state index is 2.35. The van der Waals surface area contributed by atoms with Gasteiger partial charge in [0.2, 0.25) is 0 Å². The van der Waals surface area contributed by atoms with Crippen molar-refractivity contribution in [2.24, 2.45) is 27.1 Å². The van der Waals surface area contributed by atoms with Gasteiger partial charge in [0, 0.05) is 32.7 Å². The van der Waals surface area contributed by atoms with E-state index in [0.717, 1.165) is 0 Å². The van der Waals surface area contributed by atoms with E-state index in [1.807, 2.05) is 0 Å². The second kappa shape index (κ2) is 11.9. The topological polar surface area (TPSA) is 0 Å². The summed E-state index contributed by atoms with van der Waals surface area (Å²) in [6, 6.07) is 0. The molecule has 0 amide bonds. The maximum Gasteiger partial charge on any atom is 0 e. The van der Waals surface area contributed by atoms with E-state index in [1.165, 1.54) is 11.8 Å². The summed E-state index contributed by atoms with van der Waals surface area (Å²) in [5.74, 6) is 2.99. The van der Waals surface area contributed by atoms with Gasteiger partial charge in [-0.3, -0.25) is 0 Å². The summed E-state index contributed by atoms with van der Waals surface area (Å²) < 4.78 is 0. The van der Waals surface area contributed by atoms with Crippen molar-refractivity contribution in [2.45, 2.75) is 125 Å². The molecule has 0 atom stereocenters. The standard InChI is InChI=1S/C11H24.2C7H15.Y/c1-9(2,3)11(7,8)10(4,5)6;2*1-6(2)7(3,4)5;/h1-8H3;2*1-5H3;/q;2*-1;. The molecule has 0 unspecified atom stereocenters. The average Bonchev–Trinajstić information content (AvgIpc) is 2.24. The van der Waals surface area contributed by atoms with E-state index in [-0.39, 0.29) is 32.7 Å². The fourth-order valence-electron chi connectivity index (χ4n) is 1.12. The van der Waals surface area contributed by atoms with Crippen LogP contribution in [0, 0.1) is 38.9 Å². The molecule has 0 aromatic carbocycles. The molecule has 0 rings (SSSR count). The van der Waals surface area contributed by atoms with Crippen LogP contribution in [-0.2, 0) is 32.7 Å². The zero-order chi connectivity index (χ0) is 21.7. The Balaban J connectivity index is -0.000000143. The van der Waals surface area contributed by atoms with Crippen molar-refractivity contribution in [1.82, 2.24) is 0 Å². The molecule has 0 heterocycles. The number of hydrogen-bond donors (Lipinski definition) is 0. The fourth-order valence-corrected chi connectivity index (χ4v) is 1.12. The predicted molar refractivity (Wildman–Crippen MR) is 121 cm³/mol. The molecule has 1 radical (unpaired) electrons. The van der Waals surface area contributed by atoms with Crippen LogP contribution in [0.3, 0.4) is 0 Å². The van der Waals surface area contributed by atoms with E-state index < -0.39 is 0 Å². The Kier molecular flexibility index (Phi) is 15.9. The first-order chi connectivity index (χ1) is 10.4. The van der Waals surface area contributed by atoms with Crippen LogP contribution < -0.4 is 0 Å².